The second kappa shape index (κ2) is 9.32. The molecular weight excluding hydrogens is 496 g/mol. The van der Waals surface area contributed by atoms with E-state index in [0.717, 1.165) is 32.1 Å². The predicted molar refractivity (Wildman–Crippen MR) is 131 cm³/mol. The van der Waals surface area contributed by atoms with Gasteiger partial charge in [-0.25, -0.2) is 4.39 Å². The minimum absolute atomic E-state index is 0.0123. The number of carbonyl (C=O) groups excluding carboxylic acids is 1. The van der Waals surface area contributed by atoms with Gasteiger partial charge in [0.05, 0.1) is 17.5 Å². The molecule has 4 atom stereocenters. The summed E-state index contributed by atoms with van der Waals surface area (Å²) in [7, 11) is 0. The molecule has 2 N–H and O–H groups in total. The number of carbonyl (C=O) groups is 1. The average molecular weight is 522 g/mol. The molecular formula is C25H26Cl2FN3O4. The Labute approximate surface area is 212 Å². The number of nitrogens with zero attached hydrogens (tertiary/aromatic N) is 2. The Bertz CT molecular complexity index is 1180. The van der Waals surface area contributed by atoms with Gasteiger partial charge in [0, 0.05) is 33.3 Å². The second-order valence-corrected chi connectivity index (χ2v) is 10.6. The maximum absolute atomic E-state index is 15.5. The van der Waals surface area contributed by atoms with Crippen molar-refractivity contribution in [1.82, 2.24) is 4.90 Å². The Kier molecular flexibility index (Phi) is 6.50. The fourth-order valence-electron chi connectivity index (χ4n) is 6.55. The summed E-state index contributed by atoms with van der Waals surface area (Å²) >= 11 is 12.3. The molecule has 1 saturated heterocycles. The van der Waals surface area contributed by atoms with E-state index in [1.54, 1.807) is 23.1 Å². The summed E-state index contributed by atoms with van der Waals surface area (Å²) in [4.78, 5) is 27.8. The fourth-order valence-corrected chi connectivity index (χ4v) is 6.90. The van der Waals surface area contributed by atoms with Crippen LogP contribution in [0.4, 0.5) is 10.1 Å². The molecule has 5 rings (SSSR count). The lowest BCUT2D eigenvalue weighted by Gasteiger charge is -2.40. The molecule has 2 heterocycles. The van der Waals surface area contributed by atoms with Crippen molar-refractivity contribution in [2.75, 3.05) is 18.5 Å². The monoisotopic (exact) mass is 521 g/mol. The molecule has 1 spiro atoms. The summed E-state index contributed by atoms with van der Waals surface area (Å²) in [6, 6.07) is 6.81. The predicted octanol–water partition coefficient (Wildman–Crippen LogP) is 4.97. The lowest BCUT2D eigenvalue weighted by atomic mass is 9.73. The van der Waals surface area contributed by atoms with Crippen LogP contribution in [0.2, 0.25) is 10.0 Å². The van der Waals surface area contributed by atoms with Crippen molar-refractivity contribution in [1.29, 1.82) is 0 Å². The molecule has 2 aromatic carbocycles. The van der Waals surface area contributed by atoms with E-state index in [0.29, 0.717) is 22.8 Å². The molecule has 186 valence electrons. The molecule has 7 nitrogen and oxygen atoms in total. The first-order chi connectivity index (χ1) is 16.8. The number of aliphatic hydroxyl groups is 1. The van der Waals surface area contributed by atoms with E-state index in [-0.39, 0.29) is 16.5 Å². The van der Waals surface area contributed by atoms with Crippen molar-refractivity contribution in [3.63, 3.8) is 0 Å². The van der Waals surface area contributed by atoms with Gasteiger partial charge in [-0.3, -0.25) is 19.8 Å². The van der Waals surface area contributed by atoms with Crippen molar-refractivity contribution < 1.29 is 19.2 Å². The van der Waals surface area contributed by atoms with E-state index < -0.39 is 46.8 Å². The van der Waals surface area contributed by atoms with Gasteiger partial charge in [0.15, 0.2) is 0 Å². The minimum atomic E-state index is -1.60. The van der Waals surface area contributed by atoms with Gasteiger partial charge >= 0.3 is 0 Å². The molecule has 0 radical (unpaired) electrons. The highest BCUT2D eigenvalue weighted by Gasteiger charge is 2.71. The number of halogens is 3. The van der Waals surface area contributed by atoms with E-state index in [9.17, 15) is 20.0 Å². The Hall–Kier alpha value is -2.26. The van der Waals surface area contributed by atoms with Crippen LogP contribution in [-0.2, 0) is 10.3 Å². The SMILES string of the molecule is O=C1Nc2cc(Cl)ccc2[C@@]12[C@@H](c1cccc(Cl)c1F)[C@H]([N+](=O)[O-])[C@H](CO)N2CC1CCCCC1. The van der Waals surface area contributed by atoms with Crippen molar-refractivity contribution in [3.8, 4) is 0 Å². The zero-order valence-corrected chi connectivity index (χ0v) is 20.4. The summed E-state index contributed by atoms with van der Waals surface area (Å²) in [5.41, 5.74) is -0.686. The molecule has 1 amide bonds. The number of amides is 1. The Balaban J connectivity index is 1.79. The van der Waals surface area contributed by atoms with Gasteiger partial charge in [-0.15, -0.1) is 0 Å². The van der Waals surface area contributed by atoms with E-state index >= 15 is 4.39 Å². The molecule has 2 aromatic rings. The summed E-state index contributed by atoms with van der Waals surface area (Å²) in [6.07, 6.45) is 5.07. The summed E-state index contributed by atoms with van der Waals surface area (Å²) in [5, 5.41) is 26.1. The smallest absolute Gasteiger partial charge is 0.250 e. The summed E-state index contributed by atoms with van der Waals surface area (Å²) < 4.78 is 15.5. The van der Waals surface area contributed by atoms with Crippen LogP contribution in [0.15, 0.2) is 36.4 Å². The first-order valence-electron chi connectivity index (χ1n) is 11.9. The summed E-state index contributed by atoms with van der Waals surface area (Å²) in [5.74, 6) is -2.30. The van der Waals surface area contributed by atoms with Gasteiger partial charge in [0.2, 0.25) is 6.04 Å². The molecule has 10 heteroatoms. The first-order valence-corrected chi connectivity index (χ1v) is 12.6. The van der Waals surface area contributed by atoms with E-state index in [1.165, 1.54) is 18.2 Å². The highest BCUT2D eigenvalue weighted by Crippen LogP contribution is 2.58. The fraction of sp³-hybridized carbons (Fsp3) is 0.480. The van der Waals surface area contributed by atoms with E-state index in [1.807, 2.05) is 0 Å². The zero-order chi connectivity index (χ0) is 24.9. The number of nitrogens with one attached hydrogen (secondary N) is 1. The van der Waals surface area contributed by atoms with Crippen LogP contribution in [0.3, 0.4) is 0 Å². The average Bonchev–Trinajstić information content (AvgIpc) is 3.28. The number of hydrogen-bond donors (Lipinski definition) is 2. The van der Waals surface area contributed by atoms with Gasteiger partial charge in [0.1, 0.15) is 17.4 Å². The highest BCUT2D eigenvalue weighted by molar-refractivity contribution is 6.31. The number of hydrogen-bond acceptors (Lipinski definition) is 5. The van der Waals surface area contributed by atoms with Crippen LogP contribution >= 0.6 is 23.2 Å². The van der Waals surface area contributed by atoms with Gasteiger partial charge in [0.25, 0.3) is 5.91 Å². The Morgan fingerprint density at radius 2 is 1.94 bits per heavy atom. The number of anilines is 1. The molecule has 1 aliphatic carbocycles. The third-order valence-electron chi connectivity index (χ3n) is 7.95. The quantitative estimate of drug-likeness (QED) is 0.427. The maximum atomic E-state index is 15.5. The van der Waals surface area contributed by atoms with Crippen LogP contribution in [0.5, 0.6) is 0 Å². The van der Waals surface area contributed by atoms with Crippen LogP contribution in [0.1, 0.15) is 49.1 Å². The third-order valence-corrected chi connectivity index (χ3v) is 8.48. The number of rotatable bonds is 5. The van der Waals surface area contributed by atoms with Crippen LogP contribution in [-0.4, -0.2) is 46.1 Å². The van der Waals surface area contributed by atoms with Crippen molar-refractivity contribution in [3.05, 3.63) is 73.5 Å². The highest BCUT2D eigenvalue weighted by atomic mass is 35.5. The first kappa shape index (κ1) is 24.4. The second-order valence-electron chi connectivity index (χ2n) is 9.71. The molecule has 1 saturated carbocycles. The maximum Gasteiger partial charge on any atom is 0.250 e. The largest absolute Gasteiger partial charge is 0.394 e. The van der Waals surface area contributed by atoms with Crippen molar-refractivity contribution in [2.24, 2.45) is 5.92 Å². The number of aliphatic hydroxyl groups excluding tert-OH is 1. The Morgan fingerprint density at radius 1 is 1.20 bits per heavy atom. The lowest BCUT2D eigenvalue weighted by Crippen LogP contribution is -2.54. The van der Waals surface area contributed by atoms with Crippen LogP contribution < -0.4 is 5.32 Å². The van der Waals surface area contributed by atoms with Gasteiger partial charge in [-0.05, 0) is 37.0 Å². The molecule has 0 aromatic heterocycles. The van der Waals surface area contributed by atoms with Crippen LogP contribution in [0, 0.1) is 21.8 Å². The number of fused-ring (bicyclic) bond motifs is 2. The van der Waals surface area contributed by atoms with Gasteiger partial charge < -0.3 is 10.4 Å². The number of nitro groups is 1. The minimum Gasteiger partial charge on any atom is -0.394 e. The molecule has 2 aliphatic heterocycles. The molecule has 0 bridgehead atoms. The normalized spacial score (nSPS) is 28.9. The molecule has 3 aliphatic rings. The summed E-state index contributed by atoms with van der Waals surface area (Å²) in [6.45, 7) is -0.168. The number of likely N-dealkylation sites (tertiary alicyclic amines) is 1. The standard InChI is InChI=1S/C25H26Cl2FN3O4/c26-15-9-10-17-19(11-15)29-24(33)25(17)21(16-7-4-8-18(27)22(16)28)23(31(34)35)20(13-32)30(25)12-14-5-2-1-3-6-14/h4,7-11,14,20-21,23,32H,1-3,5-6,12-13H2,(H,29,33)/t20-,21-,23+,25+/m0/s1. The topological polar surface area (TPSA) is 95.7 Å². The molecule has 0 unspecified atom stereocenters. The number of benzene rings is 2. The van der Waals surface area contributed by atoms with E-state index in [2.05, 4.69) is 5.32 Å². The molecule has 2 fully saturated rings. The Morgan fingerprint density at radius 3 is 2.63 bits per heavy atom. The molecule has 35 heavy (non-hydrogen) atoms. The van der Waals surface area contributed by atoms with Gasteiger partial charge in [-0.2, -0.15) is 0 Å². The van der Waals surface area contributed by atoms with Crippen molar-refractivity contribution >= 4 is 34.8 Å². The zero-order valence-electron chi connectivity index (χ0n) is 18.9. The van der Waals surface area contributed by atoms with Crippen LogP contribution in [0.25, 0.3) is 0 Å². The van der Waals surface area contributed by atoms with Crippen molar-refractivity contribution in [2.45, 2.75) is 55.6 Å². The van der Waals surface area contributed by atoms with Gasteiger partial charge in [-0.1, -0.05) is 60.7 Å². The lowest BCUT2D eigenvalue weighted by molar-refractivity contribution is -0.528. The third kappa shape index (κ3) is 3.73. The van der Waals surface area contributed by atoms with E-state index in [4.69, 9.17) is 23.2 Å².